The van der Waals surface area contributed by atoms with Crippen LogP contribution >= 0.6 is 0 Å². The molecule has 1 aromatic heterocycles. The van der Waals surface area contributed by atoms with E-state index in [1.54, 1.807) is 25.3 Å². The Morgan fingerprint density at radius 1 is 1.10 bits per heavy atom. The molecule has 21 heavy (non-hydrogen) atoms. The number of methoxy groups -OCH3 is 1. The van der Waals surface area contributed by atoms with Gasteiger partial charge in [-0.1, -0.05) is 12.1 Å². The first-order valence-electron chi connectivity index (χ1n) is 6.34. The summed E-state index contributed by atoms with van der Waals surface area (Å²) in [5.74, 6) is 1.18. The van der Waals surface area contributed by atoms with Crippen molar-refractivity contribution in [2.45, 2.75) is 0 Å². The molecule has 106 valence electrons. The predicted octanol–water partition coefficient (Wildman–Crippen LogP) is 3.36. The number of hydrogen-bond donors (Lipinski definition) is 2. The molecular weight excluding hydrogens is 271 g/mol. The fourth-order valence-corrected chi connectivity index (χ4v) is 1.89. The average Bonchev–Trinajstić information content (AvgIpc) is 2.97. The van der Waals surface area contributed by atoms with E-state index in [0.717, 1.165) is 11.4 Å². The van der Waals surface area contributed by atoms with Crippen molar-refractivity contribution in [3.8, 4) is 17.1 Å². The van der Waals surface area contributed by atoms with Gasteiger partial charge in [-0.05, 0) is 36.4 Å². The van der Waals surface area contributed by atoms with Crippen molar-refractivity contribution >= 4 is 11.6 Å². The van der Waals surface area contributed by atoms with Crippen molar-refractivity contribution < 1.29 is 9.13 Å². The molecular formula is C15H13FN4O. The highest BCUT2D eigenvalue weighted by molar-refractivity contribution is 5.60. The highest BCUT2D eigenvalue weighted by Gasteiger charge is 2.09. The van der Waals surface area contributed by atoms with E-state index < -0.39 is 0 Å². The minimum Gasteiger partial charge on any atom is -0.497 e. The molecule has 2 N–H and O–H groups in total. The Balaban J connectivity index is 1.80. The Morgan fingerprint density at radius 2 is 1.86 bits per heavy atom. The maximum atomic E-state index is 13.7. The van der Waals surface area contributed by atoms with Gasteiger partial charge in [-0.15, -0.1) is 5.10 Å². The van der Waals surface area contributed by atoms with Gasteiger partial charge in [0.2, 0.25) is 5.95 Å². The quantitative estimate of drug-likeness (QED) is 0.771. The summed E-state index contributed by atoms with van der Waals surface area (Å²) in [6, 6.07) is 13.8. The first-order valence-corrected chi connectivity index (χ1v) is 6.34. The number of nitrogens with zero attached hydrogens (tertiary/aromatic N) is 2. The first kappa shape index (κ1) is 13.1. The lowest BCUT2D eigenvalue weighted by Gasteiger charge is -2.03. The highest BCUT2D eigenvalue weighted by Crippen LogP contribution is 2.21. The van der Waals surface area contributed by atoms with Crippen molar-refractivity contribution in [3.63, 3.8) is 0 Å². The number of rotatable bonds is 4. The zero-order valence-electron chi connectivity index (χ0n) is 11.3. The zero-order valence-corrected chi connectivity index (χ0v) is 11.3. The van der Waals surface area contributed by atoms with Gasteiger partial charge in [-0.25, -0.2) is 4.39 Å². The summed E-state index contributed by atoms with van der Waals surface area (Å²) < 4.78 is 18.8. The summed E-state index contributed by atoms with van der Waals surface area (Å²) in [7, 11) is 1.61. The summed E-state index contributed by atoms with van der Waals surface area (Å²) in [6.45, 7) is 0. The molecule has 0 aliphatic carbocycles. The Hall–Kier alpha value is -2.89. The van der Waals surface area contributed by atoms with E-state index in [2.05, 4.69) is 20.5 Å². The average molecular weight is 284 g/mol. The minimum atomic E-state index is -0.343. The van der Waals surface area contributed by atoms with Crippen LogP contribution in [0.2, 0.25) is 0 Å². The van der Waals surface area contributed by atoms with Gasteiger partial charge >= 0.3 is 0 Å². The number of hydrogen-bond acceptors (Lipinski definition) is 4. The van der Waals surface area contributed by atoms with Gasteiger partial charge in [0.05, 0.1) is 12.7 Å². The molecule has 0 aliphatic rings. The molecule has 0 fully saturated rings. The summed E-state index contributed by atoms with van der Waals surface area (Å²) in [5.41, 5.74) is 1.20. The Labute approximate surface area is 120 Å². The molecule has 0 saturated heterocycles. The molecule has 0 aliphatic heterocycles. The minimum absolute atomic E-state index is 0.343. The summed E-state index contributed by atoms with van der Waals surface area (Å²) in [4.78, 5) is 4.23. The molecule has 3 rings (SSSR count). The van der Waals surface area contributed by atoms with Crippen LogP contribution in [0.4, 0.5) is 16.0 Å². The van der Waals surface area contributed by atoms with E-state index in [1.807, 2.05) is 24.3 Å². The van der Waals surface area contributed by atoms with E-state index >= 15 is 0 Å². The molecule has 0 amide bonds. The van der Waals surface area contributed by atoms with Crippen LogP contribution in [0.15, 0.2) is 48.5 Å². The summed E-state index contributed by atoms with van der Waals surface area (Å²) in [5, 5.41) is 9.78. The van der Waals surface area contributed by atoms with Crippen LogP contribution in [0.25, 0.3) is 11.4 Å². The number of ether oxygens (including phenoxy) is 1. The van der Waals surface area contributed by atoms with Gasteiger partial charge in [0.25, 0.3) is 0 Å². The van der Waals surface area contributed by atoms with E-state index in [1.165, 1.54) is 6.07 Å². The molecule has 0 bridgehead atoms. The van der Waals surface area contributed by atoms with Crippen molar-refractivity contribution in [2.24, 2.45) is 0 Å². The second-order valence-corrected chi connectivity index (χ2v) is 4.34. The third-order valence-electron chi connectivity index (χ3n) is 2.96. The molecule has 0 spiro atoms. The van der Waals surface area contributed by atoms with E-state index in [9.17, 15) is 4.39 Å². The molecule has 1 heterocycles. The molecule has 0 saturated carbocycles. The molecule has 5 nitrogen and oxygen atoms in total. The van der Waals surface area contributed by atoms with Crippen LogP contribution in [-0.4, -0.2) is 22.3 Å². The number of nitrogens with one attached hydrogen (secondary N) is 2. The zero-order chi connectivity index (χ0) is 14.7. The van der Waals surface area contributed by atoms with Gasteiger partial charge in [0, 0.05) is 5.69 Å². The number of anilines is 2. The molecule has 0 atom stereocenters. The third kappa shape index (κ3) is 2.84. The van der Waals surface area contributed by atoms with Crippen LogP contribution in [0.3, 0.4) is 0 Å². The lowest BCUT2D eigenvalue weighted by Crippen LogP contribution is -1.92. The number of benzene rings is 2. The number of H-pyrrole nitrogens is 1. The highest BCUT2D eigenvalue weighted by atomic mass is 19.1. The van der Waals surface area contributed by atoms with Crippen LogP contribution in [0.5, 0.6) is 5.75 Å². The topological polar surface area (TPSA) is 62.8 Å². The number of aromatic nitrogens is 3. The van der Waals surface area contributed by atoms with Crippen LogP contribution in [0, 0.1) is 5.82 Å². The predicted molar refractivity (Wildman–Crippen MR) is 78.1 cm³/mol. The van der Waals surface area contributed by atoms with Crippen molar-refractivity contribution in [3.05, 3.63) is 54.3 Å². The van der Waals surface area contributed by atoms with Crippen LogP contribution in [-0.2, 0) is 0 Å². The smallest absolute Gasteiger partial charge is 0.246 e. The van der Waals surface area contributed by atoms with E-state index in [4.69, 9.17) is 4.74 Å². The molecule has 0 radical (unpaired) electrons. The Bertz CT molecular complexity index is 739. The summed E-state index contributed by atoms with van der Waals surface area (Å²) in [6.07, 6.45) is 0. The SMILES string of the molecule is COc1ccc(Nc2n[nH]c(-c3ccccc3F)n2)cc1. The van der Waals surface area contributed by atoms with E-state index in [0.29, 0.717) is 17.3 Å². The van der Waals surface area contributed by atoms with Crippen LogP contribution in [0.1, 0.15) is 0 Å². The first-order chi connectivity index (χ1) is 10.3. The van der Waals surface area contributed by atoms with Gasteiger partial charge in [0.15, 0.2) is 5.82 Å². The molecule has 2 aromatic carbocycles. The van der Waals surface area contributed by atoms with Crippen LogP contribution < -0.4 is 10.1 Å². The second-order valence-electron chi connectivity index (χ2n) is 4.34. The standard InChI is InChI=1S/C15H13FN4O/c1-21-11-8-6-10(7-9-11)17-15-18-14(19-20-15)12-4-2-3-5-13(12)16/h2-9H,1H3,(H2,17,18,19,20). The van der Waals surface area contributed by atoms with Gasteiger partial charge in [0.1, 0.15) is 11.6 Å². The van der Waals surface area contributed by atoms with Gasteiger partial charge < -0.3 is 10.1 Å². The number of halogens is 1. The Kier molecular flexibility index (Phi) is 3.51. The largest absolute Gasteiger partial charge is 0.497 e. The second kappa shape index (κ2) is 5.62. The number of aromatic amines is 1. The van der Waals surface area contributed by atoms with Gasteiger partial charge in [-0.3, -0.25) is 5.10 Å². The maximum absolute atomic E-state index is 13.7. The van der Waals surface area contributed by atoms with Crippen molar-refractivity contribution in [2.75, 3.05) is 12.4 Å². The normalized spacial score (nSPS) is 10.4. The maximum Gasteiger partial charge on any atom is 0.246 e. The lowest BCUT2D eigenvalue weighted by atomic mass is 10.2. The summed E-state index contributed by atoms with van der Waals surface area (Å²) >= 11 is 0. The molecule has 0 unspecified atom stereocenters. The van der Waals surface area contributed by atoms with E-state index in [-0.39, 0.29) is 5.82 Å². The lowest BCUT2D eigenvalue weighted by molar-refractivity contribution is 0.415. The van der Waals surface area contributed by atoms with Gasteiger partial charge in [-0.2, -0.15) is 4.98 Å². The Morgan fingerprint density at radius 3 is 2.57 bits per heavy atom. The fraction of sp³-hybridized carbons (Fsp3) is 0.0667. The van der Waals surface area contributed by atoms with Crippen molar-refractivity contribution in [1.29, 1.82) is 0 Å². The molecule has 6 heteroatoms. The molecule has 3 aromatic rings. The fourth-order valence-electron chi connectivity index (χ4n) is 1.89. The third-order valence-corrected chi connectivity index (χ3v) is 2.96. The van der Waals surface area contributed by atoms with Crippen molar-refractivity contribution in [1.82, 2.24) is 15.2 Å². The monoisotopic (exact) mass is 284 g/mol.